The highest BCUT2D eigenvalue weighted by molar-refractivity contribution is 5.38. The summed E-state index contributed by atoms with van der Waals surface area (Å²) in [5.41, 5.74) is 2.48. The Bertz CT molecular complexity index is 437. The maximum atomic E-state index is 4.55. The molecule has 0 saturated heterocycles. The second kappa shape index (κ2) is 5.96. The minimum absolute atomic E-state index is 0.364. The predicted octanol–water partition coefficient (Wildman–Crippen LogP) is 2.24. The average molecular weight is 246 g/mol. The molecule has 1 aromatic heterocycles. The van der Waals surface area contributed by atoms with Gasteiger partial charge in [-0.15, -0.1) is 0 Å². The third-order valence-electron chi connectivity index (χ3n) is 3.04. The number of aromatic nitrogens is 2. The van der Waals surface area contributed by atoms with Crippen LogP contribution >= 0.6 is 0 Å². The maximum absolute atomic E-state index is 4.55. The Labute approximate surface area is 109 Å². The second-order valence-corrected chi connectivity index (χ2v) is 5.08. The van der Waals surface area contributed by atoms with Crippen LogP contribution in [-0.4, -0.2) is 29.6 Å². The van der Waals surface area contributed by atoms with Gasteiger partial charge in [-0.1, -0.05) is 25.5 Å². The summed E-state index contributed by atoms with van der Waals surface area (Å²) in [7, 11) is 0. The number of nitrogens with one attached hydrogen (secondary N) is 2. The number of hydrogen-bond donors (Lipinski definition) is 2. The smallest absolute Gasteiger partial charge is 0.133 e. The molecule has 0 atom stereocenters. The highest BCUT2D eigenvalue weighted by Crippen LogP contribution is 2.14. The summed E-state index contributed by atoms with van der Waals surface area (Å²) in [5, 5.41) is 6.72. The summed E-state index contributed by atoms with van der Waals surface area (Å²) in [6.07, 6.45) is 3.38. The quantitative estimate of drug-likeness (QED) is 0.800. The van der Waals surface area contributed by atoms with Crippen molar-refractivity contribution in [3.05, 3.63) is 29.2 Å². The van der Waals surface area contributed by atoms with Crippen LogP contribution in [0.2, 0.25) is 0 Å². The molecule has 2 rings (SSSR count). The first kappa shape index (κ1) is 13.0. The van der Waals surface area contributed by atoms with Crippen molar-refractivity contribution in [2.24, 2.45) is 0 Å². The molecule has 0 aromatic carbocycles. The summed E-state index contributed by atoms with van der Waals surface area (Å²) in [6, 6.07) is 2.01. The van der Waals surface area contributed by atoms with E-state index >= 15 is 0 Å². The standard InChI is InChI=1S/C14H22N4/c1-10(2)14-17-11(3)8-13(18-14)16-9-12-4-6-15-7-5-12/h4,8,10,15H,5-7,9H2,1-3H3,(H,16,17,18). The van der Waals surface area contributed by atoms with Crippen LogP contribution in [0.5, 0.6) is 0 Å². The fourth-order valence-electron chi connectivity index (χ4n) is 1.97. The first-order valence-corrected chi connectivity index (χ1v) is 6.63. The molecule has 0 amide bonds. The molecule has 0 fully saturated rings. The molecule has 18 heavy (non-hydrogen) atoms. The Morgan fingerprint density at radius 2 is 2.22 bits per heavy atom. The lowest BCUT2D eigenvalue weighted by Gasteiger charge is -2.15. The zero-order valence-corrected chi connectivity index (χ0v) is 11.5. The van der Waals surface area contributed by atoms with E-state index in [2.05, 4.69) is 40.5 Å². The van der Waals surface area contributed by atoms with Gasteiger partial charge in [0.2, 0.25) is 0 Å². The van der Waals surface area contributed by atoms with Gasteiger partial charge in [0.15, 0.2) is 0 Å². The third kappa shape index (κ3) is 3.53. The van der Waals surface area contributed by atoms with Crippen LogP contribution in [0, 0.1) is 6.92 Å². The van der Waals surface area contributed by atoms with Gasteiger partial charge in [-0.2, -0.15) is 0 Å². The van der Waals surface area contributed by atoms with Gasteiger partial charge in [0.25, 0.3) is 0 Å². The van der Waals surface area contributed by atoms with Crippen LogP contribution in [0.3, 0.4) is 0 Å². The minimum atomic E-state index is 0.364. The monoisotopic (exact) mass is 246 g/mol. The largest absolute Gasteiger partial charge is 0.366 e. The summed E-state index contributed by atoms with van der Waals surface area (Å²) < 4.78 is 0. The average Bonchev–Trinajstić information content (AvgIpc) is 2.37. The topological polar surface area (TPSA) is 49.8 Å². The highest BCUT2D eigenvalue weighted by atomic mass is 15.0. The Balaban J connectivity index is 2.02. The number of anilines is 1. The lowest BCUT2D eigenvalue weighted by molar-refractivity contribution is 0.697. The van der Waals surface area contributed by atoms with Gasteiger partial charge in [-0.3, -0.25) is 0 Å². The van der Waals surface area contributed by atoms with Gasteiger partial charge in [0, 0.05) is 30.8 Å². The summed E-state index contributed by atoms with van der Waals surface area (Å²) in [4.78, 5) is 9.00. The third-order valence-corrected chi connectivity index (χ3v) is 3.04. The number of rotatable bonds is 4. The zero-order valence-electron chi connectivity index (χ0n) is 11.5. The summed E-state index contributed by atoms with van der Waals surface area (Å²) in [5.74, 6) is 2.21. The lowest BCUT2D eigenvalue weighted by Crippen LogP contribution is -2.23. The Morgan fingerprint density at radius 1 is 1.39 bits per heavy atom. The van der Waals surface area contributed by atoms with Gasteiger partial charge in [0.05, 0.1) is 0 Å². The van der Waals surface area contributed by atoms with E-state index in [0.29, 0.717) is 5.92 Å². The highest BCUT2D eigenvalue weighted by Gasteiger charge is 2.07. The van der Waals surface area contributed by atoms with E-state index < -0.39 is 0 Å². The molecule has 98 valence electrons. The zero-order chi connectivity index (χ0) is 13.0. The molecule has 4 heteroatoms. The van der Waals surface area contributed by atoms with Crippen molar-refractivity contribution in [1.29, 1.82) is 0 Å². The Hall–Kier alpha value is -1.42. The van der Waals surface area contributed by atoms with Crippen LogP contribution in [0.25, 0.3) is 0 Å². The van der Waals surface area contributed by atoms with Gasteiger partial charge in [0.1, 0.15) is 11.6 Å². The summed E-state index contributed by atoms with van der Waals surface area (Å²) >= 11 is 0. The maximum Gasteiger partial charge on any atom is 0.133 e. The van der Waals surface area contributed by atoms with Gasteiger partial charge >= 0.3 is 0 Å². The molecule has 0 aliphatic carbocycles. The van der Waals surface area contributed by atoms with Crippen molar-refractivity contribution in [3.8, 4) is 0 Å². The molecule has 1 aliphatic heterocycles. The molecule has 0 unspecified atom stereocenters. The molecule has 1 aliphatic rings. The molecule has 1 aromatic rings. The van der Waals surface area contributed by atoms with Crippen molar-refractivity contribution in [2.45, 2.75) is 33.1 Å². The molecule has 2 heterocycles. The Morgan fingerprint density at radius 3 is 2.89 bits per heavy atom. The predicted molar refractivity (Wildman–Crippen MR) is 74.9 cm³/mol. The van der Waals surface area contributed by atoms with E-state index in [1.165, 1.54) is 5.57 Å². The van der Waals surface area contributed by atoms with Crippen molar-refractivity contribution in [3.63, 3.8) is 0 Å². The van der Waals surface area contributed by atoms with E-state index in [4.69, 9.17) is 0 Å². The van der Waals surface area contributed by atoms with Gasteiger partial charge in [-0.25, -0.2) is 9.97 Å². The van der Waals surface area contributed by atoms with Crippen LogP contribution in [-0.2, 0) is 0 Å². The molecule has 2 N–H and O–H groups in total. The minimum Gasteiger partial charge on any atom is -0.366 e. The molecule has 0 radical (unpaired) electrons. The van der Waals surface area contributed by atoms with E-state index in [0.717, 1.165) is 43.4 Å². The van der Waals surface area contributed by atoms with Crippen LogP contribution < -0.4 is 10.6 Å². The fraction of sp³-hybridized carbons (Fsp3) is 0.571. The fourth-order valence-corrected chi connectivity index (χ4v) is 1.97. The van der Waals surface area contributed by atoms with Crippen LogP contribution in [0.1, 0.15) is 37.7 Å². The van der Waals surface area contributed by atoms with Crippen molar-refractivity contribution < 1.29 is 0 Å². The first-order chi connectivity index (χ1) is 8.65. The Kier molecular flexibility index (Phi) is 4.31. The van der Waals surface area contributed by atoms with E-state index in [1.54, 1.807) is 0 Å². The van der Waals surface area contributed by atoms with Crippen LogP contribution in [0.15, 0.2) is 17.7 Å². The molecule has 0 bridgehead atoms. The molecular formula is C14H22N4. The molecule has 0 saturated carbocycles. The molecular weight excluding hydrogens is 224 g/mol. The van der Waals surface area contributed by atoms with Crippen molar-refractivity contribution in [1.82, 2.24) is 15.3 Å². The van der Waals surface area contributed by atoms with E-state index in [1.807, 2.05) is 13.0 Å². The molecule has 0 spiro atoms. The second-order valence-electron chi connectivity index (χ2n) is 5.08. The number of nitrogens with zero attached hydrogens (tertiary/aromatic N) is 2. The van der Waals surface area contributed by atoms with Gasteiger partial charge < -0.3 is 10.6 Å². The molecule has 4 nitrogen and oxygen atoms in total. The van der Waals surface area contributed by atoms with E-state index in [-0.39, 0.29) is 0 Å². The SMILES string of the molecule is Cc1cc(NCC2=CCNCC2)nc(C(C)C)n1. The lowest BCUT2D eigenvalue weighted by atomic mass is 10.1. The summed E-state index contributed by atoms with van der Waals surface area (Å²) in [6.45, 7) is 9.20. The van der Waals surface area contributed by atoms with Crippen LogP contribution in [0.4, 0.5) is 5.82 Å². The van der Waals surface area contributed by atoms with Crippen molar-refractivity contribution in [2.75, 3.05) is 25.0 Å². The first-order valence-electron chi connectivity index (χ1n) is 6.63. The number of aryl methyl sites for hydroxylation is 1. The number of hydrogen-bond acceptors (Lipinski definition) is 4. The normalized spacial score (nSPS) is 15.7. The van der Waals surface area contributed by atoms with Crippen molar-refractivity contribution >= 4 is 5.82 Å². The van der Waals surface area contributed by atoms with E-state index in [9.17, 15) is 0 Å². The van der Waals surface area contributed by atoms with Gasteiger partial charge in [-0.05, 0) is 19.9 Å².